The van der Waals surface area contributed by atoms with Crippen LogP contribution in [0.4, 0.5) is 0 Å². The Morgan fingerprint density at radius 3 is 2.61 bits per heavy atom. The summed E-state index contributed by atoms with van der Waals surface area (Å²) in [6.45, 7) is 5.55. The van der Waals surface area contributed by atoms with Gasteiger partial charge in [0.1, 0.15) is 5.78 Å². The number of carbonyl (C=O) groups is 1. The molecule has 1 aromatic rings. The van der Waals surface area contributed by atoms with Crippen molar-refractivity contribution in [3.05, 3.63) is 17.0 Å². The maximum Gasteiger partial charge on any atom is 0.136 e. The Hall–Kier alpha value is -1.16. The van der Waals surface area contributed by atoms with E-state index in [9.17, 15) is 4.79 Å². The van der Waals surface area contributed by atoms with Crippen LogP contribution in [-0.4, -0.2) is 28.8 Å². The summed E-state index contributed by atoms with van der Waals surface area (Å²) in [7, 11) is 1.95. The summed E-state index contributed by atoms with van der Waals surface area (Å²) >= 11 is 0. The average Bonchev–Trinajstić information content (AvgIpc) is 2.62. The van der Waals surface area contributed by atoms with Gasteiger partial charge < -0.3 is 4.74 Å². The second-order valence-corrected chi connectivity index (χ2v) is 5.13. The Bertz CT molecular complexity index is 431. The summed E-state index contributed by atoms with van der Waals surface area (Å²) < 4.78 is 7.18. The van der Waals surface area contributed by atoms with Crippen LogP contribution in [0.25, 0.3) is 0 Å². The Morgan fingerprint density at radius 2 is 2.06 bits per heavy atom. The van der Waals surface area contributed by atoms with Gasteiger partial charge in [-0.3, -0.25) is 9.48 Å². The van der Waals surface area contributed by atoms with Crippen LogP contribution in [-0.2, 0) is 23.0 Å². The minimum atomic E-state index is 0.219. The van der Waals surface area contributed by atoms with E-state index in [1.54, 1.807) is 0 Å². The number of ether oxygens (including phenoxy) is 1. The highest BCUT2D eigenvalue weighted by Gasteiger charge is 2.21. The van der Waals surface area contributed by atoms with Crippen LogP contribution in [0.15, 0.2) is 0 Å². The van der Waals surface area contributed by atoms with E-state index in [1.807, 2.05) is 18.7 Å². The Balaban J connectivity index is 1.92. The SMILES string of the molecule is Cc1nn(C)c(C)c1CCC(=O)C1CCOCC1. The molecule has 0 saturated carbocycles. The van der Waals surface area contributed by atoms with Crippen molar-refractivity contribution < 1.29 is 9.53 Å². The molecule has 0 radical (unpaired) electrons. The molecule has 0 aliphatic carbocycles. The number of hydrogen-bond donors (Lipinski definition) is 0. The first kappa shape index (κ1) is 13.3. The molecule has 100 valence electrons. The van der Waals surface area contributed by atoms with Crippen molar-refractivity contribution in [1.82, 2.24) is 9.78 Å². The van der Waals surface area contributed by atoms with E-state index in [2.05, 4.69) is 12.0 Å². The van der Waals surface area contributed by atoms with E-state index in [-0.39, 0.29) is 5.92 Å². The summed E-state index contributed by atoms with van der Waals surface area (Å²) in [4.78, 5) is 12.1. The van der Waals surface area contributed by atoms with Gasteiger partial charge in [0, 0.05) is 38.3 Å². The average molecular weight is 250 g/mol. The summed E-state index contributed by atoms with van der Waals surface area (Å²) in [6, 6.07) is 0. The van der Waals surface area contributed by atoms with Crippen molar-refractivity contribution in [3.63, 3.8) is 0 Å². The highest BCUT2D eigenvalue weighted by Crippen LogP contribution is 2.20. The zero-order valence-electron chi connectivity index (χ0n) is 11.5. The van der Waals surface area contributed by atoms with Crippen LogP contribution < -0.4 is 0 Å². The van der Waals surface area contributed by atoms with Gasteiger partial charge in [-0.25, -0.2) is 0 Å². The van der Waals surface area contributed by atoms with Crippen molar-refractivity contribution in [1.29, 1.82) is 0 Å². The maximum absolute atomic E-state index is 12.1. The van der Waals surface area contributed by atoms with E-state index < -0.39 is 0 Å². The molecular weight excluding hydrogens is 228 g/mol. The monoisotopic (exact) mass is 250 g/mol. The number of nitrogens with zero attached hydrogens (tertiary/aromatic N) is 2. The first-order chi connectivity index (χ1) is 8.59. The second kappa shape index (κ2) is 5.65. The minimum absolute atomic E-state index is 0.219. The summed E-state index contributed by atoms with van der Waals surface area (Å²) in [5, 5.41) is 4.39. The maximum atomic E-state index is 12.1. The number of rotatable bonds is 4. The molecule has 1 aliphatic rings. The van der Waals surface area contributed by atoms with Crippen molar-refractivity contribution in [3.8, 4) is 0 Å². The number of hydrogen-bond acceptors (Lipinski definition) is 3. The van der Waals surface area contributed by atoms with Crippen molar-refractivity contribution in [2.75, 3.05) is 13.2 Å². The summed E-state index contributed by atoms with van der Waals surface area (Å²) in [6.07, 6.45) is 3.24. The fourth-order valence-corrected chi connectivity index (χ4v) is 2.65. The summed E-state index contributed by atoms with van der Waals surface area (Å²) in [5.74, 6) is 0.608. The number of Topliss-reactive ketones (excluding diaryl/α,β-unsaturated/α-hetero) is 1. The van der Waals surface area contributed by atoms with Crippen molar-refractivity contribution in [2.24, 2.45) is 13.0 Å². The zero-order chi connectivity index (χ0) is 13.1. The third-order valence-electron chi connectivity index (χ3n) is 3.96. The lowest BCUT2D eigenvalue weighted by molar-refractivity contribution is -0.125. The molecule has 0 N–H and O–H groups in total. The minimum Gasteiger partial charge on any atom is -0.381 e. The molecule has 0 bridgehead atoms. The highest BCUT2D eigenvalue weighted by atomic mass is 16.5. The first-order valence-electron chi connectivity index (χ1n) is 6.69. The highest BCUT2D eigenvalue weighted by molar-refractivity contribution is 5.81. The second-order valence-electron chi connectivity index (χ2n) is 5.13. The lowest BCUT2D eigenvalue weighted by Crippen LogP contribution is -2.23. The number of aromatic nitrogens is 2. The molecule has 1 aromatic heterocycles. The molecule has 2 heterocycles. The lowest BCUT2D eigenvalue weighted by Gasteiger charge is -2.20. The Morgan fingerprint density at radius 1 is 1.39 bits per heavy atom. The molecule has 0 unspecified atom stereocenters. The number of aryl methyl sites for hydroxylation is 2. The van der Waals surface area contributed by atoms with Crippen LogP contribution in [0, 0.1) is 19.8 Å². The standard InChI is InChI=1S/C14H22N2O2/c1-10-13(11(2)16(3)15-10)4-5-14(17)12-6-8-18-9-7-12/h12H,4-9H2,1-3H3. The third-order valence-corrected chi connectivity index (χ3v) is 3.96. The van der Waals surface area contributed by atoms with Gasteiger partial charge in [0.2, 0.25) is 0 Å². The van der Waals surface area contributed by atoms with Crippen LogP contribution >= 0.6 is 0 Å². The van der Waals surface area contributed by atoms with E-state index in [4.69, 9.17) is 4.74 Å². The molecule has 4 nitrogen and oxygen atoms in total. The number of ketones is 1. The van der Waals surface area contributed by atoms with Crippen LogP contribution in [0.3, 0.4) is 0 Å². The molecule has 4 heteroatoms. The molecular formula is C14H22N2O2. The Kier molecular flexibility index (Phi) is 4.17. The predicted molar refractivity (Wildman–Crippen MR) is 69.6 cm³/mol. The molecule has 0 amide bonds. The van der Waals surface area contributed by atoms with Gasteiger partial charge in [-0.2, -0.15) is 5.10 Å². The van der Waals surface area contributed by atoms with Gasteiger partial charge in [-0.1, -0.05) is 0 Å². The largest absolute Gasteiger partial charge is 0.381 e. The number of carbonyl (C=O) groups excluding carboxylic acids is 1. The van der Waals surface area contributed by atoms with E-state index in [0.29, 0.717) is 12.2 Å². The topological polar surface area (TPSA) is 44.1 Å². The molecule has 0 atom stereocenters. The van der Waals surface area contributed by atoms with Gasteiger partial charge in [0.15, 0.2) is 0 Å². The lowest BCUT2D eigenvalue weighted by atomic mass is 9.91. The van der Waals surface area contributed by atoms with Crippen molar-refractivity contribution >= 4 is 5.78 Å². The van der Waals surface area contributed by atoms with Crippen LogP contribution in [0.5, 0.6) is 0 Å². The molecule has 1 aliphatic heterocycles. The normalized spacial score (nSPS) is 17.1. The van der Waals surface area contributed by atoms with Gasteiger partial charge in [-0.15, -0.1) is 0 Å². The van der Waals surface area contributed by atoms with E-state index in [1.165, 1.54) is 11.3 Å². The van der Waals surface area contributed by atoms with Gasteiger partial charge in [0.05, 0.1) is 5.69 Å². The predicted octanol–water partition coefficient (Wildman–Crippen LogP) is 1.97. The van der Waals surface area contributed by atoms with Crippen molar-refractivity contribution in [2.45, 2.75) is 39.5 Å². The van der Waals surface area contributed by atoms with Crippen LogP contribution in [0.2, 0.25) is 0 Å². The molecule has 0 spiro atoms. The fraction of sp³-hybridized carbons (Fsp3) is 0.714. The smallest absolute Gasteiger partial charge is 0.136 e. The molecule has 18 heavy (non-hydrogen) atoms. The molecule has 0 aromatic carbocycles. The van der Waals surface area contributed by atoms with Gasteiger partial charge in [0.25, 0.3) is 0 Å². The zero-order valence-corrected chi connectivity index (χ0v) is 11.5. The van der Waals surface area contributed by atoms with Crippen LogP contribution in [0.1, 0.15) is 36.2 Å². The molecule has 1 saturated heterocycles. The third kappa shape index (κ3) is 2.80. The quantitative estimate of drug-likeness (QED) is 0.820. The molecule has 2 rings (SSSR count). The first-order valence-corrected chi connectivity index (χ1v) is 6.69. The molecule has 1 fully saturated rings. The van der Waals surface area contributed by atoms with Gasteiger partial charge >= 0.3 is 0 Å². The Labute approximate surface area is 108 Å². The van der Waals surface area contributed by atoms with Gasteiger partial charge in [-0.05, 0) is 38.7 Å². The summed E-state index contributed by atoms with van der Waals surface area (Å²) in [5.41, 5.74) is 3.46. The van der Waals surface area contributed by atoms with E-state index >= 15 is 0 Å². The fourth-order valence-electron chi connectivity index (χ4n) is 2.65. The van der Waals surface area contributed by atoms with E-state index in [0.717, 1.165) is 38.2 Å².